The first kappa shape index (κ1) is 43.5. The molecule has 0 heterocycles. The Hall–Kier alpha value is -6.07. The van der Waals surface area contributed by atoms with E-state index >= 15 is 0 Å². The van der Waals surface area contributed by atoms with Crippen LogP contribution in [0.25, 0.3) is 21.5 Å². The van der Waals surface area contributed by atoms with Gasteiger partial charge in [-0.1, -0.05) is 12.1 Å². The number of phenolic OH excluding ortho intramolecular Hbond substituents is 2. The van der Waals surface area contributed by atoms with E-state index in [4.69, 9.17) is 0 Å². The molecule has 6 aromatic carbocycles. The molecule has 0 aliphatic carbocycles. The quantitative estimate of drug-likeness (QED) is 0.0603. The smallest absolute Gasteiger partial charge is 0.323 e. The van der Waals surface area contributed by atoms with E-state index in [0.717, 1.165) is 42.5 Å². The largest absolute Gasteiger partial charge is 0.507 e. The SMILES string of the molecule is O=C(Nc1cccc(C(=O)Nc2cc3c(O)cc(S(=O)(=O)O)cc3cc2S(O)(O)O)c1)Nc1cccc(C(=O)Nc2cc3c(O)cc(S(O)(O)O)cc3cc2S(=O)(=O)O)c1. The molecule has 0 unspecified atom stereocenters. The van der Waals surface area contributed by atoms with Gasteiger partial charge in [-0.2, -0.15) is 16.8 Å². The van der Waals surface area contributed by atoms with Gasteiger partial charge in [-0.25, -0.2) is 4.79 Å². The van der Waals surface area contributed by atoms with E-state index in [1.807, 2.05) is 0 Å². The maximum absolute atomic E-state index is 13.3. The average Bonchev–Trinajstić information content (AvgIpc) is 3.13. The monoisotopic (exact) mass is 906 g/mol. The van der Waals surface area contributed by atoms with E-state index in [9.17, 15) is 77.9 Å². The zero-order valence-electron chi connectivity index (χ0n) is 29.7. The maximum atomic E-state index is 13.3. The first-order valence-corrected chi connectivity index (χ1v) is 22.2. The van der Waals surface area contributed by atoms with Gasteiger partial charge in [-0.15, -0.1) is 0 Å². The number of urea groups is 1. The molecule has 0 saturated heterocycles. The molecule has 4 amide bonds. The number of carbonyl (C=O) groups is 3. The van der Waals surface area contributed by atoms with Crippen LogP contribution in [0.2, 0.25) is 0 Å². The van der Waals surface area contributed by atoms with Crippen molar-refractivity contribution in [3.63, 3.8) is 0 Å². The minimum Gasteiger partial charge on any atom is -0.507 e. The number of anilines is 4. The second-order valence-corrected chi connectivity index (χ2v) is 18.5. The molecule has 316 valence electrons. The predicted octanol–water partition coefficient (Wildman–Crippen LogP) is 7.21. The third kappa shape index (κ3) is 9.69. The highest BCUT2D eigenvalue weighted by atomic mass is 32.3. The van der Waals surface area contributed by atoms with Crippen LogP contribution in [0.5, 0.6) is 11.5 Å². The Kier molecular flexibility index (Phi) is 11.5. The summed E-state index contributed by atoms with van der Waals surface area (Å²) in [6, 6.07) is 16.7. The fourth-order valence-corrected chi connectivity index (χ4v) is 8.23. The molecule has 0 fully saturated rings. The van der Waals surface area contributed by atoms with Crippen molar-refractivity contribution in [3.8, 4) is 11.5 Å². The summed E-state index contributed by atoms with van der Waals surface area (Å²) < 4.78 is 126. The van der Waals surface area contributed by atoms with Crippen molar-refractivity contribution in [1.29, 1.82) is 0 Å². The molecule has 6 rings (SSSR count). The number of aromatic hydroxyl groups is 2. The van der Waals surface area contributed by atoms with E-state index in [1.165, 1.54) is 48.5 Å². The molecule has 0 aliphatic heterocycles. The third-order valence-corrected chi connectivity index (χ3v) is 12.0. The van der Waals surface area contributed by atoms with Crippen LogP contribution in [0.15, 0.2) is 117 Å². The van der Waals surface area contributed by atoms with Gasteiger partial charge in [0.1, 0.15) is 38.1 Å². The summed E-state index contributed by atoms with van der Waals surface area (Å²) in [5.74, 6) is -3.18. The Morgan fingerprint density at radius 1 is 0.450 bits per heavy atom. The fraction of sp³-hybridized carbons (Fsp3) is 0. The van der Waals surface area contributed by atoms with Gasteiger partial charge < -0.3 is 58.8 Å². The number of hydrogen-bond acceptors (Lipinski definition) is 15. The standard InChI is InChI=1S/C35H30N4O17S4/c40-29-13-23(57(45,46)47)9-19-11-31(59(51,52)53)27(15-25(19)29)38-33(42)17-3-1-5-21(7-17)36-35(44)37-22-6-2-4-18(8-22)34(43)39-28-16-26-20(12-32(28)60(54,55)56)10-24(14-30(26)41)58(48,49)50/h1-16,40-41,45-47,54-56H,(H,38,42)(H,39,43)(H2,36,37,44)(H,48,49,50)(H,51,52,53). The number of rotatable bonds is 10. The van der Waals surface area contributed by atoms with E-state index in [1.54, 1.807) is 0 Å². The molecule has 0 atom stereocenters. The average molecular weight is 907 g/mol. The summed E-state index contributed by atoms with van der Waals surface area (Å²) in [5, 5.41) is 29.9. The molecule has 0 saturated carbocycles. The minimum atomic E-state index is -5.04. The van der Waals surface area contributed by atoms with E-state index in [-0.39, 0.29) is 44.0 Å². The Morgan fingerprint density at radius 2 is 0.883 bits per heavy atom. The lowest BCUT2D eigenvalue weighted by Gasteiger charge is -2.23. The van der Waals surface area contributed by atoms with Crippen molar-refractivity contribution >= 4 is 104 Å². The number of hydrogen-bond donors (Lipinski definition) is 14. The van der Waals surface area contributed by atoms with Crippen LogP contribution in [0.1, 0.15) is 20.7 Å². The van der Waals surface area contributed by atoms with Gasteiger partial charge in [-0.3, -0.25) is 18.7 Å². The molecular formula is C35H30N4O17S4. The van der Waals surface area contributed by atoms with E-state index < -0.39 is 102 Å². The summed E-state index contributed by atoms with van der Waals surface area (Å²) >= 11 is 0. The van der Waals surface area contributed by atoms with Crippen LogP contribution in [0.3, 0.4) is 0 Å². The van der Waals surface area contributed by atoms with Crippen molar-refractivity contribution in [2.45, 2.75) is 19.6 Å². The Balaban J connectivity index is 1.18. The topological polar surface area (TPSA) is 370 Å². The number of carbonyl (C=O) groups excluding carboxylic acids is 3. The van der Waals surface area contributed by atoms with Crippen molar-refractivity contribution in [2.24, 2.45) is 0 Å². The van der Waals surface area contributed by atoms with Gasteiger partial charge in [0.2, 0.25) is 0 Å². The van der Waals surface area contributed by atoms with Gasteiger partial charge >= 0.3 is 6.03 Å². The highest BCUT2D eigenvalue weighted by Gasteiger charge is 2.26. The minimum absolute atomic E-state index is 0.0366. The molecule has 21 nitrogen and oxygen atoms in total. The van der Waals surface area contributed by atoms with E-state index in [0.29, 0.717) is 6.07 Å². The van der Waals surface area contributed by atoms with Crippen molar-refractivity contribution in [3.05, 3.63) is 108 Å². The normalized spacial score (nSPS) is 12.8. The molecular weight excluding hydrogens is 877 g/mol. The Morgan fingerprint density at radius 3 is 1.32 bits per heavy atom. The lowest BCUT2D eigenvalue weighted by molar-refractivity contribution is 0.101. The number of phenols is 2. The number of benzene rings is 6. The van der Waals surface area contributed by atoms with Gasteiger partial charge in [-0.05, 0) is 89.6 Å². The molecule has 0 aromatic heterocycles. The molecule has 0 aliphatic rings. The summed E-state index contributed by atoms with van der Waals surface area (Å²) in [4.78, 5) is 36.7. The van der Waals surface area contributed by atoms with Crippen LogP contribution < -0.4 is 21.3 Å². The van der Waals surface area contributed by atoms with Crippen molar-refractivity contribution in [1.82, 2.24) is 0 Å². The maximum Gasteiger partial charge on any atom is 0.323 e. The molecule has 25 heteroatoms. The van der Waals surface area contributed by atoms with Gasteiger partial charge in [0, 0.05) is 39.3 Å². The van der Waals surface area contributed by atoms with Crippen molar-refractivity contribution < 1.29 is 77.9 Å². The lowest BCUT2D eigenvalue weighted by Crippen LogP contribution is -2.21. The fourth-order valence-electron chi connectivity index (χ4n) is 5.79. The zero-order valence-corrected chi connectivity index (χ0v) is 33.0. The number of fused-ring (bicyclic) bond motifs is 2. The molecule has 0 spiro atoms. The molecule has 0 radical (unpaired) electrons. The third-order valence-electron chi connectivity index (χ3n) is 8.46. The molecule has 0 bridgehead atoms. The second-order valence-electron chi connectivity index (χ2n) is 12.7. The van der Waals surface area contributed by atoms with Crippen molar-refractivity contribution in [2.75, 3.05) is 21.3 Å². The highest BCUT2D eigenvalue weighted by molar-refractivity contribution is 8.19. The van der Waals surface area contributed by atoms with Crippen LogP contribution in [-0.2, 0) is 20.2 Å². The first-order chi connectivity index (χ1) is 27.8. The molecule has 60 heavy (non-hydrogen) atoms. The highest BCUT2D eigenvalue weighted by Crippen LogP contribution is 2.50. The molecule has 6 aromatic rings. The number of amides is 4. The second kappa shape index (κ2) is 15.8. The van der Waals surface area contributed by atoms with Crippen LogP contribution in [0.4, 0.5) is 27.5 Å². The van der Waals surface area contributed by atoms with Gasteiger partial charge in [0.05, 0.1) is 26.1 Å². The van der Waals surface area contributed by atoms with Crippen LogP contribution in [0, 0.1) is 0 Å². The number of nitrogens with one attached hydrogen (secondary N) is 4. The Labute approximate surface area is 341 Å². The van der Waals surface area contributed by atoms with Gasteiger partial charge in [0.15, 0.2) is 0 Å². The summed E-state index contributed by atoms with van der Waals surface area (Å²) in [6.45, 7) is 0. The lowest BCUT2D eigenvalue weighted by atomic mass is 10.1. The summed E-state index contributed by atoms with van der Waals surface area (Å²) in [7, 11) is -18.8. The summed E-state index contributed by atoms with van der Waals surface area (Å²) in [6.07, 6.45) is 0. The van der Waals surface area contributed by atoms with Gasteiger partial charge in [0.25, 0.3) is 32.1 Å². The predicted molar refractivity (Wildman–Crippen MR) is 220 cm³/mol. The summed E-state index contributed by atoms with van der Waals surface area (Å²) in [5.41, 5.74) is -1.08. The van der Waals surface area contributed by atoms with E-state index in [2.05, 4.69) is 21.3 Å². The van der Waals surface area contributed by atoms with Crippen LogP contribution in [-0.4, -0.2) is 81.3 Å². The Bertz CT molecular complexity index is 3010. The zero-order chi connectivity index (χ0) is 44.1. The first-order valence-electron chi connectivity index (χ1n) is 16.3. The molecule has 14 N–H and O–H groups in total. The van der Waals surface area contributed by atoms with Crippen LogP contribution >= 0.6 is 21.7 Å².